The fourth-order valence-electron chi connectivity index (χ4n) is 1.49. The van der Waals surface area contributed by atoms with Gasteiger partial charge in [0.05, 0.1) is 0 Å². The van der Waals surface area contributed by atoms with Gasteiger partial charge in [-0.3, -0.25) is 0 Å². The van der Waals surface area contributed by atoms with E-state index in [1.807, 2.05) is 30.3 Å². The molecule has 0 heterocycles. The monoisotopic (exact) mass is 260 g/mol. The quantitative estimate of drug-likeness (QED) is 0.869. The van der Waals surface area contributed by atoms with E-state index in [0.29, 0.717) is 17.3 Å². The van der Waals surface area contributed by atoms with Gasteiger partial charge >= 0.3 is 6.03 Å². The van der Waals surface area contributed by atoms with Crippen LogP contribution in [0.25, 0.3) is 0 Å². The summed E-state index contributed by atoms with van der Waals surface area (Å²) in [5.41, 5.74) is 1.77. The number of halogens is 1. The summed E-state index contributed by atoms with van der Waals surface area (Å²) in [6, 6.07) is 16.5. The van der Waals surface area contributed by atoms with Gasteiger partial charge < -0.3 is 10.6 Å². The van der Waals surface area contributed by atoms with E-state index in [-0.39, 0.29) is 6.03 Å². The van der Waals surface area contributed by atoms with Crippen LogP contribution in [0.3, 0.4) is 0 Å². The number of carbonyl (C=O) groups is 1. The van der Waals surface area contributed by atoms with Crippen molar-refractivity contribution in [1.82, 2.24) is 5.32 Å². The standard InChI is InChI=1S/C14H13ClN2O/c15-12-6-8-13(9-7-12)17-14(18)16-10-11-4-2-1-3-5-11/h1-9H,10H2,(H2,16,17,18). The summed E-state index contributed by atoms with van der Waals surface area (Å²) in [5.74, 6) is 0. The summed E-state index contributed by atoms with van der Waals surface area (Å²) in [6.45, 7) is 0.500. The second-order valence-electron chi connectivity index (χ2n) is 3.80. The number of hydrogen-bond donors (Lipinski definition) is 2. The topological polar surface area (TPSA) is 41.1 Å². The SMILES string of the molecule is O=C(NCc1ccccc1)Nc1ccc(Cl)cc1. The first-order valence-electron chi connectivity index (χ1n) is 5.58. The van der Waals surface area contributed by atoms with Crippen molar-refractivity contribution in [2.24, 2.45) is 0 Å². The first-order valence-corrected chi connectivity index (χ1v) is 5.96. The molecule has 2 rings (SSSR count). The van der Waals surface area contributed by atoms with E-state index in [9.17, 15) is 4.79 Å². The predicted octanol–water partition coefficient (Wildman–Crippen LogP) is 3.66. The molecule has 0 radical (unpaired) electrons. The van der Waals surface area contributed by atoms with E-state index in [0.717, 1.165) is 5.56 Å². The molecule has 4 heteroatoms. The molecule has 0 aromatic heterocycles. The van der Waals surface area contributed by atoms with E-state index in [4.69, 9.17) is 11.6 Å². The molecule has 0 saturated carbocycles. The van der Waals surface area contributed by atoms with Crippen molar-refractivity contribution in [3.63, 3.8) is 0 Å². The van der Waals surface area contributed by atoms with Gasteiger partial charge in [-0.05, 0) is 29.8 Å². The van der Waals surface area contributed by atoms with Crippen molar-refractivity contribution in [3.8, 4) is 0 Å². The Morgan fingerprint density at radius 2 is 1.67 bits per heavy atom. The van der Waals surface area contributed by atoms with E-state index in [1.54, 1.807) is 24.3 Å². The summed E-state index contributed by atoms with van der Waals surface area (Å²) >= 11 is 5.76. The number of benzene rings is 2. The Morgan fingerprint density at radius 1 is 1.00 bits per heavy atom. The van der Waals surface area contributed by atoms with Crippen LogP contribution in [0.1, 0.15) is 5.56 Å². The largest absolute Gasteiger partial charge is 0.334 e. The van der Waals surface area contributed by atoms with Gasteiger partial charge in [0.2, 0.25) is 0 Å². The first-order chi connectivity index (χ1) is 8.74. The van der Waals surface area contributed by atoms with Crippen molar-refractivity contribution in [2.45, 2.75) is 6.54 Å². The van der Waals surface area contributed by atoms with Crippen LogP contribution in [0, 0.1) is 0 Å². The van der Waals surface area contributed by atoms with Crippen LogP contribution in [0.5, 0.6) is 0 Å². The summed E-state index contributed by atoms with van der Waals surface area (Å²) in [4.78, 5) is 11.6. The lowest BCUT2D eigenvalue weighted by molar-refractivity contribution is 0.251. The molecule has 2 amide bonds. The Balaban J connectivity index is 1.84. The summed E-state index contributed by atoms with van der Waals surface area (Å²) in [6.07, 6.45) is 0. The van der Waals surface area contributed by atoms with Crippen LogP contribution in [0.2, 0.25) is 5.02 Å². The fraction of sp³-hybridized carbons (Fsp3) is 0.0714. The Kier molecular flexibility index (Phi) is 4.20. The van der Waals surface area contributed by atoms with Crippen molar-refractivity contribution in [1.29, 1.82) is 0 Å². The van der Waals surface area contributed by atoms with Gasteiger partial charge in [0.25, 0.3) is 0 Å². The zero-order valence-electron chi connectivity index (χ0n) is 9.69. The Bertz CT molecular complexity index is 511. The van der Waals surface area contributed by atoms with Crippen molar-refractivity contribution in [3.05, 3.63) is 65.2 Å². The van der Waals surface area contributed by atoms with Crippen LogP contribution < -0.4 is 10.6 Å². The molecule has 2 aromatic carbocycles. The van der Waals surface area contributed by atoms with Gasteiger partial charge in [0, 0.05) is 17.3 Å². The number of amides is 2. The molecule has 0 aliphatic heterocycles. The maximum atomic E-state index is 11.6. The van der Waals surface area contributed by atoms with Gasteiger partial charge in [-0.25, -0.2) is 4.79 Å². The Morgan fingerprint density at radius 3 is 2.33 bits per heavy atom. The summed E-state index contributed by atoms with van der Waals surface area (Å²) < 4.78 is 0. The van der Waals surface area contributed by atoms with Gasteiger partial charge in [-0.2, -0.15) is 0 Å². The lowest BCUT2D eigenvalue weighted by atomic mass is 10.2. The number of rotatable bonds is 3. The summed E-state index contributed by atoms with van der Waals surface area (Å²) in [7, 11) is 0. The second-order valence-corrected chi connectivity index (χ2v) is 4.24. The minimum atomic E-state index is -0.235. The zero-order valence-corrected chi connectivity index (χ0v) is 10.4. The number of urea groups is 1. The van der Waals surface area contributed by atoms with E-state index in [1.165, 1.54) is 0 Å². The molecule has 0 unspecified atom stereocenters. The van der Waals surface area contributed by atoms with Crippen LogP contribution in [-0.2, 0) is 6.54 Å². The minimum absolute atomic E-state index is 0.235. The zero-order chi connectivity index (χ0) is 12.8. The van der Waals surface area contributed by atoms with Gasteiger partial charge in [-0.15, -0.1) is 0 Å². The molecular weight excluding hydrogens is 248 g/mol. The lowest BCUT2D eigenvalue weighted by Gasteiger charge is -2.07. The van der Waals surface area contributed by atoms with E-state index < -0.39 is 0 Å². The molecule has 0 bridgehead atoms. The van der Waals surface area contributed by atoms with Crippen LogP contribution >= 0.6 is 11.6 Å². The Labute approximate surface area is 111 Å². The third-order valence-corrected chi connectivity index (χ3v) is 2.65. The van der Waals surface area contributed by atoms with Crippen LogP contribution in [0.4, 0.5) is 10.5 Å². The van der Waals surface area contributed by atoms with Crippen LogP contribution in [0.15, 0.2) is 54.6 Å². The number of nitrogens with one attached hydrogen (secondary N) is 2. The third kappa shape index (κ3) is 3.79. The minimum Gasteiger partial charge on any atom is -0.334 e. The fourth-order valence-corrected chi connectivity index (χ4v) is 1.61. The van der Waals surface area contributed by atoms with Gasteiger partial charge in [0.1, 0.15) is 0 Å². The summed E-state index contributed by atoms with van der Waals surface area (Å²) in [5, 5.41) is 6.15. The Hall–Kier alpha value is -2.00. The molecule has 0 aliphatic rings. The first kappa shape index (κ1) is 12.5. The molecule has 0 fully saturated rings. The maximum absolute atomic E-state index is 11.6. The highest BCUT2D eigenvalue weighted by Crippen LogP contribution is 2.13. The normalized spacial score (nSPS) is 9.83. The molecular formula is C14H13ClN2O. The molecule has 2 aromatic rings. The van der Waals surface area contributed by atoms with Crippen molar-refractivity contribution < 1.29 is 4.79 Å². The molecule has 0 aliphatic carbocycles. The highest BCUT2D eigenvalue weighted by atomic mass is 35.5. The van der Waals surface area contributed by atoms with Gasteiger partial charge in [-0.1, -0.05) is 41.9 Å². The highest BCUT2D eigenvalue weighted by Gasteiger charge is 2.01. The average molecular weight is 261 g/mol. The number of carbonyl (C=O) groups excluding carboxylic acids is 1. The third-order valence-electron chi connectivity index (χ3n) is 2.40. The van der Waals surface area contributed by atoms with E-state index in [2.05, 4.69) is 10.6 Å². The average Bonchev–Trinajstić information content (AvgIpc) is 2.40. The maximum Gasteiger partial charge on any atom is 0.319 e. The highest BCUT2D eigenvalue weighted by molar-refractivity contribution is 6.30. The lowest BCUT2D eigenvalue weighted by Crippen LogP contribution is -2.28. The van der Waals surface area contributed by atoms with Gasteiger partial charge in [0.15, 0.2) is 0 Å². The molecule has 0 spiro atoms. The predicted molar refractivity (Wildman–Crippen MR) is 73.8 cm³/mol. The van der Waals surface area contributed by atoms with Crippen molar-refractivity contribution >= 4 is 23.3 Å². The number of anilines is 1. The second kappa shape index (κ2) is 6.07. The molecule has 18 heavy (non-hydrogen) atoms. The molecule has 0 atom stereocenters. The molecule has 0 saturated heterocycles. The van der Waals surface area contributed by atoms with Crippen LogP contribution in [-0.4, -0.2) is 6.03 Å². The number of hydrogen-bond acceptors (Lipinski definition) is 1. The molecule has 92 valence electrons. The molecule has 2 N–H and O–H groups in total. The smallest absolute Gasteiger partial charge is 0.319 e. The van der Waals surface area contributed by atoms with E-state index >= 15 is 0 Å². The molecule has 3 nitrogen and oxygen atoms in total. The van der Waals surface area contributed by atoms with Crippen molar-refractivity contribution in [2.75, 3.05) is 5.32 Å².